The van der Waals surface area contributed by atoms with E-state index in [1.165, 1.54) is 18.2 Å². The van der Waals surface area contributed by atoms with Crippen molar-refractivity contribution in [3.63, 3.8) is 0 Å². The SMILES string of the molecule is Cc1ccc(CNC(=O)CN(C)CCOc2ccc(F)cc2)cc1F. The highest BCUT2D eigenvalue weighted by Gasteiger charge is 2.07. The van der Waals surface area contributed by atoms with E-state index < -0.39 is 0 Å². The van der Waals surface area contributed by atoms with Crippen LogP contribution in [-0.2, 0) is 11.3 Å². The predicted molar refractivity (Wildman–Crippen MR) is 92.4 cm³/mol. The second kappa shape index (κ2) is 9.13. The third kappa shape index (κ3) is 6.51. The van der Waals surface area contributed by atoms with Gasteiger partial charge in [-0.2, -0.15) is 0 Å². The van der Waals surface area contributed by atoms with Crippen LogP contribution in [0, 0.1) is 18.6 Å². The quantitative estimate of drug-likeness (QED) is 0.798. The zero-order valence-corrected chi connectivity index (χ0v) is 14.4. The lowest BCUT2D eigenvalue weighted by Gasteiger charge is -2.16. The molecular formula is C19H22F2N2O2. The van der Waals surface area contributed by atoms with Gasteiger partial charge in [0.25, 0.3) is 0 Å². The van der Waals surface area contributed by atoms with Crippen molar-refractivity contribution < 1.29 is 18.3 Å². The van der Waals surface area contributed by atoms with Gasteiger partial charge in [0.1, 0.15) is 24.0 Å². The Morgan fingerprint density at radius 3 is 2.56 bits per heavy atom. The standard InChI is InChI=1S/C19H22F2N2O2/c1-14-3-4-15(11-18(14)21)12-22-19(24)13-23(2)9-10-25-17-7-5-16(20)6-8-17/h3-8,11H,9-10,12-13H2,1-2H3,(H,22,24). The van der Waals surface area contributed by atoms with Crippen LogP contribution < -0.4 is 10.1 Å². The monoisotopic (exact) mass is 348 g/mol. The van der Waals surface area contributed by atoms with Crippen LogP contribution in [0.3, 0.4) is 0 Å². The summed E-state index contributed by atoms with van der Waals surface area (Å²) < 4.78 is 31.7. The lowest BCUT2D eigenvalue weighted by Crippen LogP contribution is -2.36. The highest BCUT2D eigenvalue weighted by molar-refractivity contribution is 5.77. The Kier molecular flexibility index (Phi) is 6.89. The molecule has 25 heavy (non-hydrogen) atoms. The average Bonchev–Trinajstić information content (AvgIpc) is 2.58. The van der Waals surface area contributed by atoms with E-state index in [0.717, 1.165) is 5.56 Å². The van der Waals surface area contributed by atoms with Crippen LogP contribution in [0.25, 0.3) is 0 Å². The van der Waals surface area contributed by atoms with Gasteiger partial charge in [-0.3, -0.25) is 9.69 Å². The van der Waals surface area contributed by atoms with Gasteiger partial charge < -0.3 is 10.1 Å². The first-order valence-corrected chi connectivity index (χ1v) is 8.02. The smallest absolute Gasteiger partial charge is 0.234 e. The van der Waals surface area contributed by atoms with E-state index in [4.69, 9.17) is 4.74 Å². The Bertz CT molecular complexity index is 705. The molecule has 0 atom stereocenters. The van der Waals surface area contributed by atoms with Gasteiger partial charge in [-0.25, -0.2) is 8.78 Å². The summed E-state index contributed by atoms with van der Waals surface area (Å²) in [6.45, 7) is 3.13. The van der Waals surface area contributed by atoms with Crippen LogP contribution in [0.2, 0.25) is 0 Å². The minimum absolute atomic E-state index is 0.148. The summed E-state index contributed by atoms with van der Waals surface area (Å²) in [4.78, 5) is 13.7. The molecule has 0 bridgehead atoms. The van der Waals surface area contributed by atoms with Gasteiger partial charge in [0, 0.05) is 13.1 Å². The maximum absolute atomic E-state index is 13.5. The van der Waals surface area contributed by atoms with Crippen molar-refractivity contribution in [1.29, 1.82) is 0 Å². The van der Waals surface area contributed by atoms with Crippen molar-refractivity contribution in [2.75, 3.05) is 26.7 Å². The third-order valence-corrected chi connectivity index (χ3v) is 3.69. The molecule has 0 aromatic heterocycles. The Morgan fingerprint density at radius 1 is 1.16 bits per heavy atom. The summed E-state index contributed by atoms with van der Waals surface area (Å²) in [5, 5.41) is 2.76. The molecule has 0 unspecified atom stereocenters. The molecule has 6 heteroatoms. The number of nitrogens with zero attached hydrogens (tertiary/aromatic N) is 1. The fourth-order valence-electron chi connectivity index (χ4n) is 2.18. The Hall–Kier alpha value is -2.47. The molecule has 0 saturated heterocycles. The van der Waals surface area contributed by atoms with Gasteiger partial charge >= 0.3 is 0 Å². The van der Waals surface area contributed by atoms with Gasteiger partial charge in [-0.05, 0) is 55.4 Å². The predicted octanol–water partition coefficient (Wildman–Crippen LogP) is 2.90. The van der Waals surface area contributed by atoms with E-state index in [0.29, 0.717) is 24.5 Å². The number of benzene rings is 2. The molecule has 0 fully saturated rings. The Balaban J connectivity index is 1.67. The molecule has 2 rings (SSSR count). The minimum atomic E-state index is -0.311. The molecule has 0 radical (unpaired) electrons. The number of nitrogens with one attached hydrogen (secondary N) is 1. The number of carbonyl (C=O) groups excluding carboxylic acids is 1. The van der Waals surface area contributed by atoms with Gasteiger partial charge in [0.15, 0.2) is 0 Å². The number of amides is 1. The number of carbonyl (C=O) groups is 1. The van der Waals surface area contributed by atoms with Gasteiger partial charge in [0.2, 0.25) is 5.91 Å². The molecule has 0 aliphatic carbocycles. The maximum atomic E-state index is 13.5. The number of likely N-dealkylation sites (N-methyl/N-ethyl adjacent to an activating group) is 1. The van der Waals surface area contributed by atoms with Crippen LogP contribution >= 0.6 is 0 Å². The van der Waals surface area contributed by atoms with Crippen molar-refractivity contribution >= 4 is 5.91 Å². The number of ether oxygens (including phenoxy) is 1. The van der Waals surface area contributed by atoms with Crippen molar-refractivity contribution in [3.05, 3.63) is 65.2 Å². The third-order valence-electron chi connectivity index (χ3n) is 3.69. The molecule has 1 amide bonds. The maximum Gasteiger partial charge on any atom is 0.234 e. The Labute approximate surface area is 146 Å². The van der Waals surface area contributed by atoms with Crippen LogP contribution in [0.15, 0.2) is 42.5 Å². The first-order valence-electron chi connectivity index (χ1n) is 8.02. The van der Waals surface area contributed by atoms with Crippen molar-refractivity contribution in [2.24, 2.45) is 0 Å². The molecule has 0 spiro atoms. The highest BCUT2D eigenvalue weighted by atomic mass is 19.1. The first kappa shape index (κ1) is 18.9. The van der Waals surface area contributed by atoms with Crippen LogP contribution in [-0.4, -0.2) is 37.6 Å². The molecule has 0 saturated carbocycles. The van der Waals surface area contributed by atoms with Gasteiger partial charge in [-0.1, -0.05) is 12.1 Å². The summed E-state index contributed by atoms with van der Waals surface area (Å²) in [5.74, 6) is -0.151. The molecule has 1 N–H and O–H groups in total. The summed E-state index contributed by atoms with van der Waals surface area (Å²) >= 11 is 0. The van der Waals surface area contributed by atoms with Crippen molar-refractivity contribution in [3.8, 4) is 5.75 Å². The molecule has 2 aromatic rings. The number of aryl methyl sites for hydroxylation is 1. The van der Waals surface area contributed by atoms with E-state index >= 15 is 0 Å². The topological polar surface area (TPSA) is 41.6 Å². The summed E-state index contributed by atoms with van der Waals surface area (Å²) in [6.07, 6.45) is 0. The van der Waals surface area contributed by atoms with E-state index in [1.54, 1.807) is 38.2 Å². The van der Waals surface area contributed by atoms with Gasteiger partial charge in [0.05, 0.1) is 6.54 Å². The zero-order valence-electron chi connectivity index (χ0n) is 14.4. The molecule has 2 aromatic carbocycles. The molecule has 0 aliphatic rings. The normalized spacial score (nSPS) is 10.8. The molecule has 4 nitrogen and oxygen atoms in total. The number of rotatable bonds is 8. The second-order valence-electron chi connectivity index (χ2n) is 5.90. The van der Waals surface area contributed by atoms with E-state index in [2.05, 4.69) is 5.32 Å². The van der Waals surface area contributed by atoms with E-state index in [-0.39, 0.29) is 30.6 Å². The summed E-state index contributed by atoms with van der Waals surface area (Å²) in [6, 6.07) is 10.7. The largest absolute Gasteiger partial charge is 0.492 e. The lowest BCUT2D eigenvalue weighted by molar-refractivity contribution is -0.122. The fourth-order valence-corrected chi connectivity index (χ4v) is 2.18. The van der Waals surface area contributed by atoms with E-state index in [9.17, 15) is 13.6 Å². The van der Waals surface area contributed by atoms with Crippen molar-refractivity contribution in [1.82, 2.24) is 10.2 Å². The summed E-state index contributed by atoms with van der Waals surface area (Å²) in [7, 11) is 1.80. The number of halogens is 2. The zero-order chi connectivity index (χ0) is 18.2. The number of hydrogen-bond acceptors (Lipinski definition) is 3. The first-order chi connectivity index (χ1) is 11.9. The van der Waals surface area contributed by atoms with Gasteiger partial charge in [-0.15, -0.1) is 0 Å². The fraction of sp³-hybridized carbons (Fsp3) is 0.316. The lowest BCUT2D eigenvalue weighted by atomic mass is 10.1. The average molecular weight is 348 g/mol. The summed E-state index contributed by atoms with van der Waals surface area (Å²) in [5.41, 5.74) is 1.30. The van der Waals surface area contributed by atoms with Crippen molar-refractivity contribution in [2.45, 2.75) is 13.5 Å². The molecular weight excluding hydrogens is 326 g/mol. The minimum Gasteiger partial charge on any atom is -0.492 e. The van der Waals surface area contributed by atoms with Crippen LogP contribution in [0.5, 0.6) is 5.75 Å². The van der Waals surface area contributed by atoms with E-state index in [1.807, 2.05) is 4.90 Å². The van der Waals surface area contributed by atoms with Crippen LogP contribution in [0.4, 0.5) is 8.78 Å². The molecule has 0 heterocycles. The molecule has 0 aliphatic heterocycles. The molecule has 134 valence electrons. The Morgan fingerprint density at radius 2 is 1.88 bits per heavy atom. The highest BCUT2D eigenvalue weighted by Crippen LogP contribution is 2.11. The second-order valence-corrected chi connectivity index (χ2v) is 5.90. The van der Waals surface area contributed by atoms with Crippen LogP contribution in [0.1, 0.15) is 11.1 Å². The number of hydrogen-bond donors (Lipinski definition) is 1.